The van der Waals surface area contributed by atoms with Crippen molar-refractivity contribution in [3.05, 3.63) is 41.9 Å². The molecule has 0 amide bonds. The van der Waals surface area contributed by atoms with Crippen molar-refractivity contribution in [1.82, 2.24) is 10.1 Å². The summed E-state index contributed by atoms with van der Waals surface area (Å²) < 4.78 is 23.7. The van der Waals surface area contributed by atoms with Crippen molar-refractivity contribution >= 4 is 22.9 Å². The van der Waals surface area contributed by atoms with Gasteiger partial charge in [-0.15, -0.1) is 0 Å². The van der Waals surface area contributed by atoms with Gasteiger partial charge in [0.05, 0.1) is 18.4 Å². The SMILES string of the molecule is Fc1ccc2c(C3CCN(CC4CO4)CC3)noc2c1.O=C(O)/C=C/C(=O)O. The summed E-state index contributed by atoms with van der Waals surface area (Å²) in [6.07, 6.45) is 3.73. The summed E-state index contributed by atoms with van der Waals surface area (Å²) in [7, 11) is 0. The first-order chi connectivity index (χ1) is 13.4. The fraction of sp³-hybridized carbons (Fsp3) is 0.421. The Labute approximate surface area is 160 Å². The Morgan fingerprint density at radius 3 is 2.43 bits per heavy atom. The van der Waals surface area contributed by atoms with Crippen LogP contribution in [0.1, 0.15) is 24.5 Å². The number of epoxide rings is 1. The fourth-order valence-corrected chi connectivity index (χ4v) is 3.22. The Hall–Kier alpha value is -2.78. The minimum atomic E-state index is -1.26. The molecule has 1 aromatic carbocycles. The summed E-state index contributed by atoms with van der Waals surface area (Å²) in [5, 5.41) is 20.8. The van der Waals surface area contributed by atoms with Crippen LogP contribution in [-0.2, 0) is 14.3 Å². The minimum absolute atomic E-state index is 0.278. The molecule has 0 aliphatic carbocycles. The summed E-state index contributed by atoms with van der Waals surface area (Å²) in [6, 6.07) is 4.66. The maximum absolute atomic E-state index is 13.2. The van der Waals surface area contributed by atoms with Crippen LogP contribution in [0.25, 0.3) is 11.0 Å². The number of nitrogens with zero attached hydrogens (tertiary/aromatic N) is 2. The van der Waals surface area contributed by atoms with E-state index in [-0.39, 0.29) is 5.82 Å². The number of ether oxygens (including phenoxy) is 1. The van der Waals surface area contributed by atoms with Crippen LogP contribution < -0.4 is 0 Å². The predicted molar refractivity (Wildman–Crippen MR) is 96.5 cm³/mol. The average molecular weight is 392 g/mol. The number of aromatic nitrogens is 1. The number of piperidine rings is 1. The number of carboxylic acids is 2. The number of aliphatic carboxylic acids is 2. The van der Waals surface area contributed by atoms with E-state index in [1.54, 1.807) is 6.07 Å². The number of halogens is 1. The minimum Gasteiger partial charge on any atom is -0.478 e. The van der Waals surface area contributed by atoms with E-state index in [0.29, 0.717) is 29.8 Å². The number of carboxylic acid groups (broad SMARTS) is 2. The second-order valence-electron chi connectivity index (χ2n) is 6.75. The van der Waals surface area contributed by atoms with Gasteiger partial charge < -0.3 is 24.4 Å². The van der Waals surface area contributed by atoms with E-state index < -0.39 is 11.9 Å². The van der Waals surface area contributed by atoms with Crippen molar-refractivity contribution in [3.8, 4) is 0 Å². The molecule has 1 unspecified atom stereocenters. The molecule has 0 bridgehead atoms. The monoisotopic (exact) mass is 392 g/mol. The molecule has 1 atom stereocenters. The molecular formula is C19H21FN2O6. The number of fused-ring (bicyclic) bond motifs is 1. The largest absolute Gasteiger partial charge is 0.478 e. The van der Waals surface area contributed by atoms with Crippen molar-refractivity contribution in [2.75, 3.05) is 26.2 Å². The Morgan fingerprint density at radius 1 is 1.21 bits per heavy atom. The topological polar surface area (TPSA) is 116 Å². The molecule has 0 radical (unpaired) electrons. The normalized spacial score (nSPS) is 20.1. The van der Waals surface area contributed by atoms with Gasteiger partial charge in [-0.3, -0.25) is 0 Å². The fourth-order valence-electron chi connectivity index (χ4n) is 3.22. The van der Waals surface area contributed by atoms with Gasteiger partial charge in [0.25, 0.3) is 0 Å². The van der Waals surface area contributed by atoms with Gasteiger partial charge in [0.1, 0.15) is 5.82 Å². The number of carbonyl (C=O) groups is 2. The second-order valence-corrected chi connectivity index (χ2v) is 6.75. The highest BCUT2D eigenvalue weighted by molar-refractivity contribution is 5.89. The first-order valence-electron chi connectivity index (χ1n) is 8.95. The second kappa shape index (κ2) is 8.94. The molecule has 0 saturated carbocycles. The van der Waals surface area contributed by atoms with Crippen molar-refractivity contribution in [2.45, 2.75) is 24.9 Å². The summed E-state index contributed by atoms with van der Waals surface area (Å²) in [5.74, 6) is -2.38. The van der Waals surface area contributed by atoms with E-state index in [4.69, 9.17) is 19.5 Å². The molecule has 150 valence electrons. The molecule has 3 heterocycles. The van der Waals surface area contributed by atoms with E-state index in [2.05, 4.69) is 10.1 Å². The van der Waals surface area contributed by atoms with E-state index in [1.807, 2.05) is 0 Å². The number of benzene rings is 1. The first kappa shape index (κ1) is 20.0. The van der Waals surface area contributed by atoms with Crippen molar-refractivity contribution in [1.29, 1.82) is 0 Å². The highest BCUT2D eigenvalue weighted by Gasteiger charge is 2.30. The van der Waals surface area contributed by atoms with Crippen LogP contribution in [0.2, 0.25) is 0 Å². The summed E-state index contributed by atoms with van der Waals surface area (Å²) >= 11 is 0. The number of hydrogen-bond donors (Lipinski definition) is 2. The van der Waals surface area contributed by atoms with Gasteiger partial charge in [-0.2, -0.15) is 0 Å². The Kier molecular flexibility index (Phi) is 6.37. The Bertz CT molecular complexity index is 852. The molecule has 2 aliphatic heterocycles. The van der Waals surface area contributed by atoms with Crippen LogP contribution in [0.4, 0.5) is 4.39 Å². The van der Waals surface area contributed by atoms with Crippen molar-refractivity contribution in [3.63, 3.8) is 0 Å². The zero-order chi connectivity index (χ0) is 20.1. The lowest BCUT2D eigenvalue weighted by Gasteiger charge is -2.30. The molecule has 2 aliphatic rings. The molecule has 0 spiro atoms. The molecule has 2 fully saturated rings. The van der Waals surface area contributed by atoms with Crippen molar-refractivity contribution < 1.29 is 33.5 Å². The Morgan fingerprint density at radius 2 is 1.86 bits per heavy atom. The number of rotatable bonds is 5. The zero-order valence-electron chi connectivity index (χ0n) is 15.1. The van der Waals surface area contributed by atoms with Gasteiger partial charge in [0.2, 0.25) is 0 Å². The van der Waals surface area contributed by atoms with Crippen LogP contribution in [-0.4, -0.2) is 64.6 Å². The van der Waals surface area contributed by atoms with Crippen molar-refractivity contribution in [2.24, 2.45) is 0 Å². The first-order valence-corrected chi connectivity index (χ1v) is 8.95. The predicted octanol–water partition coefficient (Wildman–Crippen LogP) is 2.26. The van der Waals surface area contributed by atoms with Gasteiger partial charge in [-0.1, -0.05) is 5.16 Å². The molecule has 9 heteroatoms. The third-order valence-electron chi connectivity index (χ3n) is 4.67. The maximum Gasteiger partial charge on any atom is 0.328 e. The van der Waals surface area contributed by atoms with Crippen LogP contribution >= 0.6 is 0 Å². The molecular weight excluding hydrogens is 371 g/mol. The van der Waals surface area contributed by atoms with Gasteiger partial charge in [-0.25, -0.2) is 14.0 Å². The third-order valence-corrected chi connectivity index (χ3v) is 4.67. The van der Waals surface area contributed by atoms with E-state index in [9.17, 15) is 14.0 Å². The maximum atomic E-state index is 13.2. The van der Waals surface area contributed by atoms with E-state index in [1.165, 1.54) is 12.1 Å². The van der Waals surface area contributed by atoms with Gasteiger partial charge >= 0.3 is 11.9 Å². The molecule has 4 rings (SSSR count). The summed E-state index contributed by atoms with van der Waals surface area (Å²) in [5.41, 5.74) is 1.54. The number of hydrogen-bond acceptors (Lipinski definition) is 6. The van der Waals surface area contributed by atoms with Gasteiger partial charge in [0.15, 0.2) is 5.58 Å². The lowest BCUT2D eigenvalue weighted by molar-refractivity contribution is -0.134. The molecule has 2 aromatic rings. The summed E-state index contributed by atoms with van der Waals surface area (Å²) in [4.78, 5) is 21.6. The quantitative estimate of drug-likeness (QED) is 0.588. The molecule has 8 nitrogen and oxygen atoms in total. The van der Waals surface area contributed by atoms with E-state index in [0.717, 1.165) is 50.2 Å². The van der Waals surface area contributed by atoms with Gasteiger partial charge in [0, 0.05) is 36.1 Å². The lowest BCUT2D eigenvalue weighted by atomic mass is 9.91. The molecule has 1 aromatic heterocycles. The molecule has 28 heavy (non-hydrogen) atoms. The highest BCUT2D eigenvalue weighted by Crippen LogP contribution is 2.33. The smallest absolute Gasteiger partial charge is 0.328 e. The van der Waals surface area contributed by atoms with Crippen LogP contribution in [0.15, 0.2) is 34.9 Å². The van der Waals surface area contributed by atoms with Crippen LogP contribution in [0.3, 0.4) is 0 Å². The van der Waals surface area contributed by atoms with Crippen LogP contribution in [0, 0.1) is 5.82 Å². The zero-order valence-corrected chi connectivity index (χ0v) is 15.1. The van der Waals surface area contributed by atoms with Gasteiger partial charge in [-0.05, 0) is 38.1 Å². The Balaban J connectivity index is 0.000000242. The third kappa shape index (κ3) is 5.61. The number of likely N-dealkylation sites (tertiary alicyclic amines) is 1. The van der Waals surface area contributed by atoms with E-state index >= 15 is 0 Å². The standard InChI is InChI=1S/C15H17FN2O2.C4H4O4/c16-11-1-2-13-14(7-11)20-17-15(13)10-3-5-18(6-4-10)8-12-9-19-12;5-3(6)1-2-4(7)8/h1-2,7,10,12H,3-6,8-9H2;1-2H,(H,5,6)(H,7,8)/b;2-1+. The highest BCUT2D eigenvalue weighted by atomic mass is 19.1. The van der Waals surface area contributed by atoms with Crippen LogP contribution in [0.5, 0.6) is 0 Å². The molecule has 2 N–H and O–H groups in total. The average Bonchev–Trinajstić information content (AvgIpc) is 3.38. The lowest BCUT2D eigenvalue weighted by Crippen LogP contribution is -2.35. The molecule has 2 saturated heterocycles. The summed E-state index contributed by atoms with van der Waals surface area (Å²) in [6.45, 7) is 4.11.